The summed E-state index contributed by atoms with van der Waals surface area (Å²) in [6.07, 6.45) is 1.35. The van der Waals surface area contributed by atoms with Gasteiger partial charge in [-0.3, -0.25) is 9.59 Å². The van der Waals surface area contributed by atoms with Crippen LogP contribution in [0.1, 0.15) is 25.9 Å². The Morgan fingerprint density at radius 1 is 1.17 bits per heavy atom. The first-order valence-electron chi connectivity index (χ1n) is 9.42. The van der Waals surface area contributed by atoms with Crippen LogP contribution in [0.4, 0.5) is 0 Å². The van der Waals surface area contributed by atoms with Crippen LogP contribution in [0.3, 0.4) is 0 Å². The molecule has 0 N–H and O–H groups in total. The molecule has 9 nitrogen and oxygen atoms in total. The van der Waals surface area contributed by atoms with Gasteiger partial charge in [0.15, 0.2) is 0 Å². The van der Waals surface area contributed by atoms with Gasteiger partial charge in [0.2, 0.25) is 15.7 Å². The first-order valence-corrected chi connectivity index (χ1v) is 11.7. The molecular formula is C19H22N4O5S2. The van der Waals surface area contributed by atoms with E-state index in [2.05, 4.69) is 4.98 Å². The zero-order valence-electron chi connectivity index (χ0n) is 17.1. The number of rotatable bonds is 3. The second kappa shape index (κ2) is 7.33. The van der Waals surface area contributed by atoms with Crippen LogP contribution < -0.4 is 5.56 Å². The van der Waals surface area contributed by atoms with E-state index in [-0.39, 0.29) is 54.3 Å². The van der Waals surface area contributed by atoms with Gasteiger partial charge >= 0.3 is 0 Å². The summed E-state index contributed by atoms with van der Waals surface area (Å²) in [5.74, 6) is -0.0267. The Balaban J connectivity index is 1.58. The smallest absolute Gasteiger partial charge is 0.265 e. The highest BCUT2D eigenvalue weighted by molar-refractivity contribution is 7.89. The topological polar surface area (TPSA) is 106 Å². The van der Waals surface area contributed by atoms with Gasteiger partial charge in [0.05, 0.1) is 10.5 Å². The second-order valence-corrected chi connectivity index (χ2v) is 10.7. The predicted molar refractivity (Wildman–Crippen MR) is 112 cm³/mol. The molecule has 11 heteroatoms. The number of nitrogens with zero attached hydrogens (tertiary/aromatic N) is 4. The molecule has 0 atom stereocenters. The van der Waals surface area contributed by atoms with E-state index in [1.807, 2.05) is 6.92 Å². The first kappa shape index (κ1) is 20.8. The van der Waals surface area contributed by atoms with Crippen molar-refractivity contribution < 1.29 is 17.6 Å². The van der Waals surface area contributed by atoms with E-state index in [1.54, 1.807) is 31.9 Å². The SMILES string of the molecule is Cc1cc(S(=O)(=O)N2CCN(C(=O)c3c(C)oc4ncn(C)c(=O)c34)CC2)c(C)s1. The van der Waals surface area contributed by atoms with E-state index in [0.717, 1.165) is 9.75 Å². The van der Waals surface area contributed by atoms with Crippen molar-refractivity contribution in [2.24, 2.45) is 7.05 Å². The lowest BCUT2D eigenvalue weighted by atomic mass is 10.1. The van der Waals surface area contributed by atoms with Gasteiger partial charge in [0.25, 0.3) is 11.5 Å². The largest absolute Gasteiger partial charge is 0.442 e. The molecule has 4 heterocycles. The molecule has 160 valence electrons. The number of aromatic nitrogens is 2. The van der Waals surface area contributed by atoms with Crippen LogP contribution in [0.15, 0.2) is 26.5 Å². The second-order valence-electron chi connectivity index (χ2n) is 7.35. The number of thiophene rings is 1. The van der Waals surface area contributed by atoms with Crippen molar-refractivity contribution in [1.82, 2.24) is 18.8 Å². The molecule has 0 radical (unpaired) electrons. The van der Waals surface area contributed by atoms with Crippen LogP contribution in [0.25, 0.3) is 11.1 Å². The third kappa shape index (κ3) is 3.26. The van der Waals surface area contributed by atoms with E-state index in [4.69, 9.17) is 4.42 Å². The summed E-state index contributed by atoms with van der Waals surface area (Å²) in [7, 11) is -2.05. The Bertz CT molecular complexity index is 1310. The standard InChI is InChI=1S/C19H22N4O5S2/c1-11-9-14(13(3)29-11)30(26,27)23-7-5-22(6-8-23)19(25)15-12(2)28-17-16(15)18(24)21(4)10-20-17/h9-10H,5-8H2,1-4H3. The van der Waals surface area contributed by atoms with Gasteiger partial charge < -0.3 is 13.9 Å². The minimum absolute atomic E-state index is 0.128. The Morgan fingerprint density at radius 2 is 1.83 bits per heavy atom. The average molecular weight is 451 g/mol. The van der Waals surface area contributed by atoms with Gasteiger partial charge in [-0.1, -0.05) is 0 Å². The van der Waals surface area contributed by atoms with Crippen LogP contribution >= 0.6 is 11.3 Å². The van der Waals surface area contributed by atoms with Gasteiger partial charge in [-0.05, 0) is 26.8 Å². The molecule has 1 saturated heterocycles. The van der Waals surface area contributed by atoms with Gasteiger partial charge in [-0.25, -0.2) is 13.4 Å². The van der Waals surface area contributed by atoms with Gasteiger partial charge in [0.1, 0.15) is 17.5 Å². The number of hydrogen-bond acceptors (Lipinski definition) is 7. The summed E-state index contributed by atoms with van der Waals surface area (Å²) in [5.41, 5.74) is -0.0347. The zero-order valence-corrected chi connectivity index (χ0v) is 18.8. The number of amides is 1. The minimum atomic E-state index is -3.61. The summed E-state index contributed by atoms with van der Waals surface area (Å²) in [5, 5.41) is 0.155. The molecule has 3 aromatic heterocycles. The number of carbonyl (C=O) groups is 1. The van der Waals surface area contributed by atoms with Crippen LogP contribution in [0, 0.1) is 20.8 Å². The van der Waals surface area contributed by atoms with E-state index in [9.17, 15) is 18.0 Å². The molecule has 0 spiro atoms. The molecule has 0 aromatic carbocycles. The lowest BCUT2D eigenvalue weighted by Gasteiger charge is -2.34. The van der Waals surface area contributed by atoms with E-state index in [1.165, 1.54) is 26.5 Å². The maximum atomic E-state index is 13.2. The molecule has 1 aliphatic rings. The Hall–Kier alpha value is -2.50. The molecule has 0 aliphatic carbocycles. The molecule has 0 saturated carbocycles. The quantitative estimate of drug-likeness (QED) is 0.601. The molecule has 3 aromatic rings. The van der Waals surface area contributed by atoms with Gasteiger partial charge in [-0.2, -0.15) is 4.31 Å². The summed E-state index contributed by atoms with van der Waals surface area (Å²) in [4.78, 5) is 33.4. The lowest BCUT2D eigenvalue weighted by molar-refractivity contribution is 0.0697. The molecule has 1 aliphatic heterocycles. The van der Waals surface area contributed by atoms with Crippen molar-refractivity contribution in [2.45, 2.75) is 25.7 Å². The van der Waals surface area contributed by atoms with Gasteiger partial charge in [0, 0.05) is 43.0 Å². The van der Waals surface area contributed by atoms with Crippen molar-refractivity contribution in [3.05, 3.63) is 43.8 Å². The summed E-state index contributed by atoms with van der Waals surface area (Å²) in [6.45, 7) is 6.13. The van der Waals surface area contributed by atoms with Crippen molar-refractivity contribution in [3.63, 3.8) is 0 Å². The monoisotopic (exact) mass is 450 g/mol. The zero-order chi connectivity index (χ0) is 21.8. The number of furan rings is 1. The van der Waals surface area contributed by atoms with E-state index < -0.39 is 10.0 Å². The van der Waals surface area contributed by atoms with Crippen LogP contribution in [0.2, 0.25) is 0 Å². The highest BCUT2D eigenvalue weighted by atomic mass is 32.2. The Morgan fingerprint density at radius 3 is 2.43 bits per heavy atom. The maximum Gasteiger partial charge on any atom is 0.265 e. The summed E-state index contributed by atoms with van der Waals surface area (Å²) in [6, 6.07) is 1.69. The number of piperazine rings is 1. The third-order valence-electron chi connectivity index (χ3n) is 5.30. The highest BCUT2D eigenvalue weighted by Crippen LogP contribution is 2.29. The van der Waals surface area contributed by atoms with Crippen molar-refractivity contribution in [3.8, 4) is 0 Å². The molecule has 30 heavy (non-hydrogen) atoms. The molecular weight excluding hydrogens is 428 g/mol. The lowest BCUT2D eigenvalue weighted by Crippen LogP contribution is -2.50. The van der Waals surface area contributed by atoms with Crippen molar-refractivity contribution in [2.75, 3.05) is 26.2 Å². The maximum absolute atomic E-state index is 13.2. The number of sulfonamides is 1. The molecule has 4 rings (SSSR count). The highest BCUT2D eigenvalue weighted by Gasteiger charge is 2.34. The normalized spacial score (nSPS) is 15.8. The fourth-order valence-corrected chi connectivity index (χ4v) is 6.68. The summed E-state index contributed by atoms with van der Waals surface area (Å²) >= 11 is 1.45. The molecule has 1 fully saturated rings. The number of fused-ring (bicyclic) bond motifs is 1. The Labute approximate surface area is 177 Å². The molecule has 0 bridgehead atoms. The number of carbonyl (C=O) groups excluding carboxylic acids is 1. The predicted octanol–water partition coefficient (Wildman–Crippen LogP) is 1.66. The summed E-state index contributed by atoms with van der Waals surface area (Å²) < 4.78 is 34.2. The molecule has 1 amide bonds. The van der Waals surface area contributed by atoms with E-state index in [0.29, 0.717) is 10.7 Å². The van der Waals surface area contributed by atoms with Crippen LogP contribution in [-0.4, -0.2) is 59.3 Å². The number of hydrogen-bond donors (Lipinski definition) is 0. The Kier molecular flexibility index (Phi) is 5.07. The van der Waals surface area contributed by atoms with Crippen molar-refractivity contribution >= 4 is 38.4 Å². The minimum Gasteiger partial charge on any atom is -0.442 e. The average Bonchev–Trinajstić information content (AvgIpc) is 3.23. The number of aryl methyl sites for hydroxylation is 4. The first-order chi connectivity index (χ1) is 14.1. The van der Waals surface area contributed by atoms with E-state index >= 15 is 0 Å². The van der Waals surface area contributed by atoms with Crippen molar-refractivity contribution in [1.29, 1.82) is 0 Å². The third-order valence-corrected chi connectivity index (χ3v) is 8.42. The van der Waals surface area contributed by atoms with Gasteiger partial charge in [-0.15, -0.1) is 11.3 Å². The fourth-order valence-electron chi connectivity index (χ4n) is 3.74. The fraction of sp³-hybridized carbons (Fsp3) is 0.421. The molecule has 0 unspecified atom stereocenters. The van der Waals surface area contributed by atoms with Crippen LogP contribution in [-0.2, 0) is 17.1 Å². The van der Waals surface area contributed by atoms with Crippen LogP contribution in [0.5, 0.6) is 0 Å².